The van der Waals surface area contributed by atoms with Gasteiger partial charge in [-0.15, -0.1) is 0 Å². The number of aromatic nitrogens is 4. The largest absolute Gasteiger partial charge is 0.484 e. The third-order valence-corrected chi connectivity index (χ3v) is 3.03. The second kappa shape index (κ2) is 8.36. The number of ether oxygens (including phenoxy) is 1. The third kappa shape index (κ3) is 4.82. The fourth-order valence-corrected chi connectivity index (χ4v) is 1.94. The molecule has 21 heavy (non-hydrogen) atoms. The molecule has 0 saturated heterocycles. The van der Waals surface area contributed by atoms with Gasteiger partial charge in [-0.1, -0.05) is 13.8 Å². The number of nitrogens with one attached hydrogen (secondary N) is 1. The molecule has 0 aliphatic heterocycles. The highest BCUT2D eigenvalue weighted by Crippen LogP contribution is 2.11. The van der Waals surface area contributed by atoms with Crippen LogP contribution in [0.25, 0.3) is 0 Å². The molecular formula is C15H23N5O. The van der Waals surface area contributed by atoms with Crippen LogP contribution in [0.2, 0.25) is 0 Å². The highest BCUT2D eigenvalue weighted by molar-refractivity contribution is 5.19. The third-order valence-electron chi connectivity index (χ3n) is 3.03. The molecule has 2 aromatic rings. The Labute approximate surface area is 125 Å². The maximum absolute atomic E-state index is 5.71. The van der Waals surface area contributed by atoms with Crippen LogP contribution in [0.5, 0.6) is 5.75 Å². The van der Waals surface area contributed by atoms with Gasteiger partial charge in [-0.2, -0.15) is 5.10 Å². The van der Waals surface area contributed by atoms with E-state index in [1.54, 1.807) is 12.5 Å². The van der Waals surface area contributed by atoms with Crippen LogP contribution >= 0.6 is 0 Å². The maximum atomic E-state index is 5.71. The second-order valence-electron chi connectivity index (χ2n) is 4.85. The molecule has 0 bridgehead atoms. The van der Waals surface area contributed by atoms with Gasteiger partial charge in [0.2, 0.25) is 0 Å². The lowest BCUT2D eigenvalue weighted by Crippen LogP contribution is -2.14. The molecule has 0 saturated carbocycles. The zero-order valence-corrected chi connectivity index (χ0v) is 12.7. The first-order valence-corrected chi connectivity index (χ1v) is 7.48. The zero-order chi connectivity index (χ0) is 14.9. The van der Waals surface area contributed by atoms with Crippen molar-refractivity contribution in [3.63, 3.8) is 0 Å². The monoisotopic (exact) mass is 289 g/mol. The van der Waals surface area contributed by atoms with Crippen molar-refractivity contribution < 1.29 is 4.74 Å². The van der Waals surface area contributed by atoms with Crippen molar-refractivity contribution >= 4 is 0 Å². The van der Waals surface area contributed by atoms with Crippen LogP contribution in [0, 0.1) is 0 Å². The van der Waals surface area contributed by atoms with Crippen molar-refractivity contribution in [1.29, 1.82) is 0 Å². The quantitative estimate of drug-likeness (QED) is 0.717. The number of hydrogen-bond donors (Lipinski definition) is 1. The fourth-order valence-electron chi connectivity index (χ4n) is 1.94. The number of nitrogens with zero attached hydrogens (tertiary/aromatic N) is 4. The van der Waals surface area contributed by atoms with E-state index in [-0.39, 0.29) is 0 Å². The normalized spacial score (nSPS) is 10.8. The van der Waals surface area contributed by atoms with Crippen LogP contribution in [-0.4, -0.2) is 26.3 Å². The van der Waals surface area contributed by atoms with Gasteiger partial charge in [-0.25, -0.2) is 9.67 Å². The molecule has 0 aliphatic rings. The van der Waals surface area contributed by atoms with E-state index in [4.69, 9.17) is 4.74 Å². The van der Waals surface area contributed by atoms with Crippen molar-refractivity contribution in [2.75, 3.05) is 6.54 Å². The van der Waals surface area contributed by atoms with Gasteiger partial charge in [-0.3, -0.25) is 4.98 Å². The summed E-state index contributed by atoms with van der Waals surface area (Å²) in [7, 11) is 0. The lowest BCUT2D eigenvalue weighted by molar-refractivity contribution is 0.285. The van der Waals surface area contributed by atoms with Crippen LogP contribution < -0.4 is 10.1 Å². The van der Waals surface area contributed by atoms with Gasteiger partial charge in [0.25, 0.3) is 0 Å². The molecule has 0 radical (unpaired) electrons. The standard InChI is InChI=1S/C15H23N5O/c1-3-7-16-9-13-5-6-14(10-17-13)21-11-15-18-12-19-20(15)8-4-2/h5-6,10,12,16H,3-4,7-9,11H2,1-2H3. The summed E-state index contributed by atoms with van der Waals surface area (Å²) in [6, 6.07) is 3.92. The van der Waals surface area contributed by atoms with E-state index >= 15 is 0 Å². The zero-order valence-electron chi connectivity index (χ0n) is 12.7. The Morgan fingerprint density at radius 3 is 2.81 bits per heavy atom. The van der Waals surface area contributed by atoms with E-state index in [0.717, 1.165) is 49.7 Å². The lowest BCUT2D eigenvalue weighted by atomic mass is 10.3. The minimum absolute atomic E-state index is 0.412. The fraction of sp³-hybridized carbons (Fsp3) is 0.533. The van der Waals surface area contributed by atoms with Crippen molar-refractivity contribution in [3.8, 4) is 5.75 Å². The summed E-state index contributed by atoms with van der Waals surface area (Å²) >= 11 is 0. The highest BCUT2D eigenvalue weighted by Gasteiger charge is 2.04. The van der Waals surface area contributed by atoms with Crippen LogP contribution in [0.15, 0.2) is 24.7 Å². The summed E-state index contributed by atoms with van der Waals surface area (Å²) < 4.78 is 7.58. The molecule has 114 valence electrons. The summed E-state index contributed by atoms with van der Waals surface area (Å²) in [6.07, 6.45) is 5.47. The number of pyridine rings is 1. The van der Waals surface area contributed by atoms with Gasteiger partial charge < -0.3 is 10.1 Å². The lowest BCUT2D eigenvalue weighted by Gasteiger charge is -2.08. The van der Waals surface area contributed by atoms with Crippen molar-refractivity contribution in [2.45, 2.75) is 46.4 Å². The summed E-state index contributed by atoms with van der Waals surface area (Å²) in [5.41, 5.74) is 1.02. The Kier molecular flexibility index (Phi) is 6.15. The molecule has 0 spiro atoms. The number of aryl methyl sites for hydroxylation is 1. The summed E-state index contributed by atoms with van der Waals surface area (Å²) in [4.78, 5) is 8.59. The Morgan fingerprint density at radius 2 is 2.10 bits per heavy atom. The van der Waals surface area contributed by atoms with E-state index in [1.165, 1.54) is 0 Å². The van der Waals surface area contributed by atoms with Gasteiger partial charge in [0, 0.05) is 13.1 Å². The molecular weight excluding hydrogens is 266 g/mol. The predicted octanol–water partition coefficient (Wildman–Crippen LogP) is 2.16. The molecule has 6 nitrogen and oxygen atoms in total. The first-order chi connectivity index (χ1) is 10.3. The van der Waals surface area contributed by atoms with Crippen molar-refractivity contribution in [3.05, 3.63) is 36.2 Å². The smallest absolute Gasteiger partial charge is 0.164 e. The molecule has 0 fully saturated rings. The first-order valence-electron chi connectivity index (χ1n) is 7.48. The van der Waals surface area contributed by atoms with E-state index in [0.29, 0.717) is 6.61 Å². The molecule has 0 unspecified atom stereocenters. The summed E-state index contributed by atoms with van der Waals surface area (Å²) in [5.74, 6) is 1.59. The summed E-state index contributed by atoms with van der Waals surface area (Å²) in [5, 5.41) is 7.50. The molecule has 2 rings (SSSR count). The predicted molar refractivity (Wildman–Crippen MR) is 80.9 cm³/mol. The average Bonchev–Trinajstić information content (AvgIpc) is 2.94. The molecule has 2 heterocycles. The number of rotatable bonds is 9. The maximum Gasteiger partial charge on any atom is 0.164 e. The van der Waals surface area contributed by atoms with Gasteiger partial charge in [-0.05, 0) is 31.5 Å². The topological polar surface area (TPSA) is 64.9 Å². The number of hydrogen-bond acceptors (Lipinski definition) is 5. The molecule has 0 aliphatic carbocycles. The van der Waals surface area contributed by atoms with Gasteiger partial charge >= 0.3 is 0 Å². The van der Waals surface area contributed by atoms with E-state index < -0.39 is 0 Å². The molecule has 1 N–H and O–H groups in total. The average molecular weight is 289 g/mol. The Hall–Kier alpha value is -1.95. The Bertz CT molecular complexity index is 523. The van der Waals surface area contributed by atoms with Crippen LogP contribution in [0.1, 0.15) is 38.2 Å². The van der Waals surface area contributed by atoms with E-state index in [9.17, 15) is 0 Å². The van der Waals surface area contributed by atoms with Gasteiger partial charge in [0.05, 0.1) is 11.9 Å². The van der Waals surface area contributed by atoms with Crippen LogP contribution in [-0.2, 0) is 19.7 Å². The summed E-state index contributed by atoms with van der Waals surface area (Å²) in [6.45, 7) is 7.33. The Morgan fingerprint density at radius 1 is 1.19 bits per heavy atom. The van der Waals surface area contributed by atoms with Crippen LogP contribution in [0.3, 0.4) is 0 Å². The van der Waals surface area contributed by atoms with Gasteiger partial charge in [0.15, 0.2) is 5.82 Å². The molecule has 0 amide bonds. The van der Waals surface area contributed by atoms with Gasteiger partial charge in [0.1, 0.15) is 18.7 Å². The molecule has 6 heteroatoms. The highest BCUT2D eigenvalue weighted by atomic mass is 16.5. The van der Waals surface area contributed by atoms with Crippen molar-refractivity contribution in [1.82, 2.24) is 25.1 Å². The first kappa shape index (κ1) is 15.4. The van der Waals surface area contributed by atoms with Crippen LogP contribution in [0.4, 0.5) is 0 Å². The van der Waals surface area contributed by atoms with Crippen molar-refractivity contribution in [2.24, 2.45) is 0 Å². The van der Waals surface area contributed by atoms with E-state index in [1.807, 2.05) is 16.8 Å². The minimum atomic E-state index is 0.412. The molecule has 0 aromatic carbocycles. The molecule has 2 aromatic heterocycles. The molecule has 0 atom stereocenters. The second-order valence-corrected chi connectivity index (χ2v) is 4.85. The Balaban J connectivity index is 1.84. The minimum Gasteiger partial charge on any atom is -0.484 e. The van der Waals surface area contributed by atoms with E-state index in [2.05, 4.69) is 34.2 Å². The SMILES string of the molecule is CCCNCc1ccc(OCc2ncnn2CCC)cn1.